The molecule has 0 spiro atoms. The number of ether oxygens (including phenoxy) is 1. The van der Waals surface area contributed by atoms with Gasteiger partial charge in [-0.2, -0.15) is 0 Å². The Kier molecular flexibility index (Phi) is 4.01. The van der Waals surface area contributed by atoms with Gasteiger partial charge in [0.25, 0.3) is 0 Å². The highest BCUT2D eigenvalue weighted by Gasteiger charge is 2.25. The standard InChI is InChI=1S/C18H21N5O3S/c1-11-2-3-12-13(8-11)27-17-15(12)16-20-23(18(25)22(16)10-19-17)9-14(24)21-4-6-26-7-5-21/h10-11H,2-9H2,1H3/t11-/m0/s1. The van der Waals surface area contributed by atoms with E-state index in [0.29, 0.717) is 37.9 Å². The average Bonchev–Trinajstić information content (AvgIpc) is 3.19. The summed E-state index contributed by atoms with van der Waals surface area (Å²) in [4.78, 5) is 33.8. The van der Waals surface area contributed by atoms with Crippen LogP contribution in [0.15, 0.2) is 11.1 Å². The smallest absolute Gasteiger partial charge is 0.352 e. The molecule has 3 aromatic rings. The molecular formula is C18H21N5O3S. The van der Waals surface area contributed by atoms with Crippen molar-refractivity contribution in [3.63, 3.8) is 0 Å². The summed E-state index contributed by atoms with van der Waals surface area (Å²) >= 11 is 1.71. The van der Waals surface area contributed by atoms with Crippen LogP contribution in [0.2, 0.25) is 0 Å². The molecule has 1 fully saturated rings. The van der Waals surface area contributed by atoms with Crippen LogP contribution in [0.1, 0.15) is 23.8 Å². The van der Waals surface area contributed by atoms with Gasteiger partial charge in [0.1, 0.15) is 17.7 Å². The van der Waals surface area contributed by atoms with Crippen LogP contribution in [0.3, 0.4) is 0 Å². The first kappa shape index (κ1) is 16.9. The number of hydrogen-bond donors (Lipinski definition) is 0. The number of fused-ring (bicyclic) bond motifs is 5. The van der Waals surface area contributed by atoms with Gasteiger partial charge in [0, 0.05) is 18.0 Å². The molecule has 27 heavy (non-hydrogen) atoms. The molecule has 5 rings (SSSR count). The number of amides is 1. The lowest BCUT2D eigenvalue weighted by atomic mass is 9.89. The monoisotopic (exact) mass is 387 g/mol. The zero-order valence-corrected chi connectivity index (χ0v) is 16.0. The number of thiophene rings is 1. The van der Waals surface area contributed by atoms with Crippen molar-refractivity contribution in [2.45, 2.75) is 32.7 Å². The van der Waals surface area contributed by atoms with E-state index in [-0.39, 0.29) is 18.1 Å². The van der Waals surface area contributed by atoms with E-state index < -0.39 is 0 Å². The van der Waals surface area contributed by atoms with Crippen molar-refractivity contribution in [2.75, 3.05) is 26.3 Å². The van der Waals surface area contributed by atoms with Crippen LogP contribution in [0, 0.1) is 5.92 Å². The lowest BCUT2D eigenvalue weighted by Gasteiger charge is -2.26. The molecule has 0 aromatic carbocycles. The number of rotatable bonds is 2. The minimum atomic E-state index is -0.315. The molecule has 1 aliphatic heterocycles. The highest BCUT2D eigenvalue weighted by atomic mass is 32.1. The summed E-state index contributed by atoms with van der Waals surface area (Å²) in [6, 6.07) is 0. The third-order valence-corrected chi connectivity index (χ3v) is 6.69. The van der Waals surface area contributed by atoms with Gasteiger partial charge in [-0.05, 0) is 30.7 Å². The maximum Gasteiger partial charge on any atom is 0.352 e. The Labute approximate surface area is 159 Å². The van der Waals surface area contributed by atoms with Crippen LogP contribution >= 0.6 is 11.3 Å². The molecule has 3 aromatic heterocycles. The Balaban J connectivity index is 1.57. The van der Waals surface area contributed by atoms with Gasteiger partial charge >= 0.3 is 5.69 Å². The molecule has 0 radical (unpaired) electrons. The predicted octanol–water partition coefficient (Wildman–Crippen LogP) is 1.09. The van der Waals surface area contributed by atoms with Crippen molar-refractivity contribution in [3.8, 4) is 0 Å². The second-order valence-electron chi connectivity index (χ2n) is 7.40. The van der Waals surface area contributed by atoms with E-state index in [1.807, 2.05) is 0 Å². The summed E-state index contributed by atoms with van der Waals surface area (Å²) in [6.07, 6.45) is 4.73. The number of aromatic nitrogens is 4. The second-order valence-corrected chi connectivity index (χ2v) is 8.49. The second kappa shape index (κ2) is 6.42. The summed E-state index contributed by atoms with van der Waals surface area (Å²) in [5.41, 5.74) is 1.58. The maximum atomic E-state index is 12.8. The normalized spacial score (nSPS) is 20.3. The van der Waals surface area contributed by atoms with Crippen molar-refractivity contribution >= 4 is 33.1 Å². The summed E-state index contributed by atoms with van der Waals surface area (Å²) in [5.74, 6) is 0.571. The van der Waals surface area contributed by atoms with Gasteiger partial charge in [-0.25, -0.2) is 18.9 Å². The number of morpholine rings is 1. The van der Waals surface area contributed by atoms with Gasteiger partial charge in [-0.1, -0.05) is 6.92 Å². The molecule has 0 bridgehead atoms. The molecule has 1 saturated heterocycles. The number of aryl methyl sites for hydroxylation is 1. The van der Waals surface area contributed by atoms with Crippen LogP contribution in [0.25, 0.3) is 15.9 Å². The van der Waals surface area contributed by atoms with E-state index >= 15 is 0 Å². The van der Waals surface area contributed by atoms with E-state index in [4.69, 9.17) is 4.74 Å². The summed E-state index contributed by atoms with van der Waals surface area (Å²) in [7, 11) is 0. The van der Waals surface area contributed by atoms with Crippen LogP contribution < -0.4 is 5.69 Å². The van der Waals surface area contributed by atoms with Gasteiger partial charge in [0.15, 0.2) is 5.65 Å². The van der Waals surface area contributed by atoms with Crippen LogP contribution in [0.5, 0.6) is 0 Å². The molecule has 2 aliphatic rings. The SMILES string of the molecule is C[C@H]1CCc2c(sc3ncn4c(=O)n(CC(=O)N5CCOCC5)nc4c23)C1. The van der Waals surface area contributed by atoms with Gasteiger partial charge in [0.2, 0.25) is 5.91 Å². The molecule has 0 N–H and O–H groups in total. The highest BCUT2D eigenvalue weighted by Crippen LogP contribution is 2.38. The lowest BCUT2D eigenvalue weighted by molar-refractivity contribution is -0.136. The Bertz CT molecular complexity index is 1090. The fraction of sp³-hybridized carbons (Fsp3) is 0.556. The van der Waals surface area contributed by atoms with Gasteiger partial charge in [-0.15, -0.1) is 16.4 Å². The molecule has 1 atom stereocenters. The van der Waals surface area contributed by atoms with Gasteiger partial charge in [-0.3, -0.25) is 4.79 Å². The van der Waals surface area contributed by atoms with E-state index in [2.05, 4.69) is 17.0 Å². The summed E-state index contributed by atoms with van der Waals surface area (Å²) in [6.45, 7) is 4.41. The van der Waals surface area contributed by atoms with Crippen molar-refractivity contribution in [2.24, 2.45) is 5.92 Å². The lowest BCUT2D eigenvalue weighted by Crippen LogP contribution is -2.43. The van der Waals surface area contributed by atoms with Crippen molar-refractivity contribution in [1.82, 2.24) is 24.1 Å². The quantitative estimate of drug-likeness (QED) is 0.657. The zero-order chi connectivity index (χ0) is 18.5. The van der Waals surface area contributed by atoms with E-state index in [9.17, 15) is 9.59 Å². The largest absolute Gasteiger partial charge is 0.378 e. The Morgan fingerprint density at radius 2 is 2.19 bits per heavy atom. The number of nitrogens with zero attached hydrogens (tertiary/aromatic N) is 5. The molecule has 1 aliphatic carbocycles. The predicted molar refractivity (Wildman–Crippen MR) is 101 cm³/mol. The average molecular weight is 387 g/mol. The van der Waals surface area contributed by atoms with E-state index in [1.165, 1.54) is 25.9 Å². The number of hydrogen-bond acceptors (Lipinski definition) is 6. The van der Waals surface area contributed by atoms with Crippen LogP contribution in [-0.4, -0.2) is 56.3 Å². The van der Waals surface area contributed by atoms with Crippen molar-refractivity contribution in [1.29, 1.82) is 0 Å². The molecule has 0 saturated carbocycles. The van der Waals surface area contributed by atoms with Gasteiger partial charge < -0.3 is 9.64 Å². The topological polar surface area (TPSA) is 81.7 Å². The van der Waals surface area contributed by atoms with Crippen LogP contribution in [-0.2, 0) is 28.9 Å². The Morgan fingerprint density at radius 1 is 1.37 bits per heavy atom. The highest BCUT2D eigenvalue weighted by molar-refractivity contribution is 7.19. The first-order valence-electron chi connectivity index (χ1n) is 9.36. The number of carbonyl (C=O) groups is 1. The minimum Gasteiger partial charge on any atom is -0.378 e. The van der Waals surface area contributed by atoms with Crippen molar-refractivity contribution < 1.29 is 9.53 Å². The minimum absolute atomic E-state index is 0.0502. The molecular weight excluding hydrogens is 366 g/mol. The fourth-order valence-electron chi connectivity index (χ4n) is 4.01. The van der Waals surface area contributed by atoms with Gasteiger partial charge in [0.05, 0.1) is 18.6 Å². The van der Waals surface area contributed by atoms with Crippen LogP contribution in [0.4, 0.5) is 0 Å². The third kappa shape index (κ3) is 2.76. The summed E-state index contributed by atoms with van der Waals surface area (Å²) < 4.78 is 8.02. The Morgan fingerprint density at radius 3 is 3.00 bits per heavy atom. The molecule has 9 heteroatoms. The molecule has 0 unspecified atom stereocenters. The fourth-order valence-corrected chi connectivity index (χ4v) is 5.35. The molecule has 142 valence electrons. The molecule has 1 amide bonds. The molecule has 8 nitrogen and oxygen atoms in total. The van der Waals surface area contributed by atoms with E-state index in [1.54, 1.807) is 16.2 Å². The first-order chi connectivity index (χ1) is 13.1. The first-order valence-corrected chi connectivity index (χ1v) is 10.2. The maximum absolute atomic E-state index is 12.8. The zero-order valence-electron chi connectivity index (χ0n) is 15.2. The number of carbonyl (C=O) groups excluding carboxylic acids is 1. The molecule has 4 heterocycles. The van der Waals surface area contributed by atoms with Crippen molar-refractivity contribution in [3.05, 3.63) is 27.3 Å². The summed E-state index contributed by atoms with van der Waals surface area (Å²) in [5, 5.41) is 5.51. The third-order valence-electron chi connectivity index (χ3n) is 5.53. The van der Waals surface area contributed by atoms with E-state index in [0.717, 1.165) is 29.5 Å². The Hall–Kier alpha value is -2.26.